The minimum atomic E-state index is -0.342. The van der Waals surface area contributed by atoms with Crippen LogP contribution < -0.4 is 19.6 Å². The third-order valence-electron chi connectivity index (χ3n) is 6.42. The second-order valence-corrected chi connectivity index (χ2v) is 10.1. The van der Waals surface area contributed by atoms with E-state index < -0.39 is 0 Å². The summed E-state index contributed by atoms with van der Waals surface area (Å²) >= 11 is 0. The van der Waals surface area contributed by atoms with Crippen molar-refractivity contribution in [3.63, 3.8) is 0 Å². The summed E-state index contributed by atoms with van der Waals surface area (Å²) in [5, 5.41) is 11.9. The summed E-state index contributed by atoms with van der Waals surface area (Å²) in [4.78, 5) is 24.8. The molecule has 0 saturated carbocycles. The first-order valence-corrected chi connectivity index (χ1v) is 13.5. The Morgan fingerprint density at radius 2 is 1.49 bits per heavy atom. The van der Waals surface area contributed by atoms with Gasteiger partial charge in [0.2, 0.25) is 5.43 Å². The second-order valence-electron chi connectivity index (χ2n) is 10.1. The van der Waals surface area contributed by atoms with E-state index in [0.29, 0.717) is 78.2 Å². The van der Waals surface area contributed by atoms with Gasteiger partial charge in [0.1, 0.15) is 34.3 Å². The summed E-state index contributed by atoms with van der Waals surface area (Å²) in [6, 6.07) is 3.35. The number of aldehydes is 1. The number of fused-ring (bicyclic) bond motifs is 2. The number of methoxy groups -OCH3 is 1. The van der Waals surface area contributed by atoms with Crippen molar-refractivity contribution in [2.24, 2.45) is 0 Å². The lowest BCUT2D eigenvalue weighted by Gasteiger charge is -2.18. The fourth-order valence-corrected chi connectivity index (χ4v) is 4.34. The van der Waals surface area contributed by atoms with Crippen molar-refractivity contribution in [1.82, 2.24) is 0 Å². The quantitative estimate of drug-likeness (QED) is 0.101. The van der Waals surface area contributed by atoms with Crippen LogP contribution in [0.5, 0.6) is 23.0 Å². The predicted octanol–water partition coefficient (Wildman–Crippen LogP) is 7.21. The molecule has 210 valence electrons. The fourth-order valence-electron chi connectivity index (χ4n) is 4.34. The molecule has 39 heavy (non-hydrogen) atoms. The molecule has 0 atom stereocenters. The number of ether oxygens (including phenoxy) is 3. The molecule has 7 nitrogen and oxygen atoms in total. The standard InChI is InChI=1S/C32H40O7/c1-7-8-16-37-24-18-26-29(30(34)22(24)13-11-20(2)3)31(35)28-23(14-12-21(4)5)32(36-6)27(19-25(28)39-26)38-17-10-9-15-33/h11-12,15,18-19,34H,7-10,13-14,16-17H2,1-6H3. The van der Waals surface area contributed by atoms with E-state index >= 15 is 0 Å². The van der Waals surface area contributed by atoms with E-state index in [-0.39, 0.29) is 22.1 Å². The number of phenols is 1. The van der Waals surface area contributed by atoms with Gasteiger partial charge in [0.05, 0.1) is 25.7 Å². The summed E-state index contributed by atoms with van der Waals surface area (Å²) in [5.74, 6) is 1.23. The lowest BCUT2D eigenvalue weighted by molar-refractivity contribution is -0.108. The SMILES string of the molecule is CCCCOc1cc2oc3cc(OCCCC=O)c(OC)c(CC=C(C)C)c3c(=O)c2c(O)c1CC=C(C)C. The van der Waals surface area contributed by atoms with Gasteiger partial charge in [-0.05, 0) is 53.4 Å². The van der Waals surface area contributed by atoms with Gasteiger partial charge < -0.3 is 28.5 Å². The smallest absolute Gasteiger partial charge is 0.204 e. The summed E-state index contributed by atoms with van der Waals surface area (Å²) in [6.45, 7) is 10.8. The van der Waals surface area contributed by atoms with Crippen molar-refractivity contribution < 1.29 is 28.5 Å². The summed E-state index contributed by atoms with van der Waals surface area (Å²) < 4.78 is 24.0. The molecule has 0 aliphatic carbocycles. The van der Waals surface area contributed by atoms with Gasteiger partial charge in [-0.3, -0.25) is 4.79 Å². The summed E-state index contributed by atoms with van der Waals surface area (Å²) in [7, 11) is 1.53. The van der Waals surface area contributed by atoms with E-state index in [4.69, 9.17) is 18.6 Å². The number of carbonyl (C=O) groups is 1. The number of carbonyl (C=O) groups excluding carboxylic acids is 1. The molecule has 1 heterocycles. The van der Waals surface area contributed by atoms with E-state index in [9.17, 15) is 14.7 Å². The molecule has 0 saturated heterocycles. The zero-order valence-corrected chi connectivity index (χ0v) is 23.9. The van der Waals surface area contributed by atoms with E-state index in [1.165, 1.54) is 7.11 Å². The summed E-state index contributed by atoms with van der Waals surface area (Å²) in [6.07, 6.45) is 8.44. The van der Waals surface area contributed by atoms with Gasteiger partial charge in [0, 0.05) is 29.7 Å². The van der Waals surface area contributed by atoms with E-state index in [1.54, 1.807) is 12.1 Å². The molecule has 0 fully saturated rings. The third kappa shape index (κ3) is 7.02. The van der Waals surface area contributed by atoms with Crippen LogP contribution in [-0.2, 0) is 17.6 Å². The Morgan fingerprint density at radius 1 is 0.897 bits per heavy atom. The van der Waals surface area contributed by atoms with Gasteiger partial charge in [0.15, 0.2) is 11.5 Å². The van der Waals surface area contributed by atoms with Crippen LogP contribution in [0.3, 0.4) is 0 Å². The zero-order chi connectivity index (χ0) is 28.5. The maximum Gasteiger partial charge on any atom is 0.204 e. The van der Waals surface area contributed by atoms with Gasteiger partial charge in [-0.2, -0.15) is 0 Å². The van der Waals surface area contributed by atoms with Crippen LogP contribution >= 0.6 is 0 Å². The van der Waals surface area contributed by atoms with Crippen LogP contribution in [0, 0.1) is 0 Å². The molecule has 0 radical (unpaired) electrons. The lowest BCUT2D eigenvalue weighted by Crippen LogP contribution is -2.10. The number of hydrogen-bond donors (Lipinski definition) is 1. The van der Waals surface area contributed by atoms with E-state index in [1.807, 2.05) is 39.8 Å². The lowest BCUT2D eigenvalue weighted by atomic mass is 9.98. The molecule has 3 rings (SSSR count). The molecule has 3 aromatic rings. The average molecular weight is 537 g/mol. The molecule has 0 bridgehead atoms. The molecular formula is C32H40O7. The van der Waals surface area contributed by atoms with Crippen LogP contribution in [0.4, 0.5) is 0 Å². The molecule has 7 heteroatoms. The third-order valence-corrected chi connectivity index (χ3v) is 6.42. The molecule has 2 aromatic carbocycles. The number of hydrogen-bond acceptors (Lipinski definition) is 7. The maximum atomic E-state index is 14.1. The first-order valence-electron chi connectivity index (χ1n) is 13.5. The van der Waals surface area contributed by atoms with Crippen LogP contribution in [0.25, 0.3) is 21.9 Å². The van der Waals surface area contributed by atoms with Crippen LogP contribution in [-0.4, -0.2) is 31.7 Å². The highest BCUT2D eigenvalue weighted by molar-refractivity contribution is 5.98. The molecule has 1 N–H and O–H groups in total. The van der Waals surface area contributed by atoms with Gasteiger partial charge in [-0.25, -0.2) is 0 Å². The number of unbranched alkanes of at least 4 members (excludes halogenated alkanes) is 2. The van der Waals surface area contributed by atoms with Crippen molar-refractivity contribution in [1.29, 1.82) is 0 Å². The van der Waals surface area contributed by atoms with Crippen molar-refractivity contribution >= 4 is 28.2 Å². The minimum absolute atomic E-state index is 0.114. The molecule has 0 amide bonds. The van der Waals surface area contributed by atoms with Crippen LogP contribution in [0.1, 0.15) is 71.4 Å². The van der Waals surface area contributed by atoms with Gasteiger partial charge >= 0.3 is 0 Å². The predicted molar refractivity (Wildman–Crippen MR) is 156 cm³/mol. The molecule has 1 aromatic heterocycles. The first-order chi connectivity index (χ1) is 18.7. The minimum Gasteiger partial charge on any atom is -0.507 e. The highest BCUT2D eigenvalue weighted by Crippen LogP contribution is 2.41. The van der Waals surface area contributed by atoms with Gasteiger partial charge in [0.25, 0.3) is 0 Å². The number of rotatable bonds is 14. The Labute approximate surface area is 230 Å². The Hall–Kier alpha value is -3.74. The van der Waals surface area contributed by atoms with Crippen LogP contribution in [0.2, 0.25) is 0 Å². The number of allylic oxidation sites excluding steroid dienone is 4. The maximum absolute atomic E-state index is 14.1. The van der Waals surface area contributed by atoms with Gasteiger partial charge in [-0.1, -0.05) is 36.6 Å². The largest absolute Gasteiger partial charge is 0.507 e. The van der Waals surface area contributed by atoms with Crippen LogP contribution in [0.15, 0.2) is 44.6 Å². The molecule has 0 unspecified atom stereocenters. The highest BCUT2D eigenvalue weighted by atomic mass is 16.5. The monoisotopic (exact) mass is 536 g/mol. The normalized spacial score (nSPS) is 10.9. The topological polar surface area (TPSA) is 95.2 Å². The fraction of sp³-hybridized carbons (Fsp3) is 0.438. The Kier molecular flexibility index (Phi) is 10.6. The van der Waals surface area contributed by atoms with E-state index in [2.05, 4.69) is 6.92 Å². The Balaban J connectivity index is 2.35. The van der Waals surface area contributed by atoms with Crippen molar-refractivity contribution in [2.75, 3.05) is 20.3 Å². The number of benzene rings is 2. The second kappa shape index (κ2) is 13.9. The number of aromatic hydroxyl groups is 1. The average Bonchev–Trinajstić information content (AvgIpc) is 2.88. The highest BCUT2D eigenvalue weighted by Gasteiger charge is 2.24. The molecular weight excluding hydrogens is 496 g/mol. The van der Waals surface area contributed by atoms with Gasteiger partial charge in [-0.15, -0.1) is 0 Å². The molecule has 0 spiro atoms. The van der Waals surface area contributed by atoms with E-state index in [0.717, 1.165) is 30.3 Å². The van der Waals surface area contributed by atoms with Crippen molar-refractivity contribution in [3.05, 3.63) is 56.8 Å². The van der Waals surface area contributed by atoms with Crippen molar-refractivity contribution in [2.45, 2.75) is 73.1 Å². The number of phenolic OH excluding ortho intramolecular Hbond substituents is 1. The molecule has 0 aliphatic rings. The Morgan fingerprint density at radius 3 is 2.10 bits per heavy atom. The van der Waals surface area contributed by atoms with Crippen molar-refractivity contribution in [3.8, 4) is 23.0 Å². The first kappa shape index (κ1) is 29.8. The zero-order valence-electron chi connectivity index (χ0n) is 23.9. The summed E-state index contributed by atoms with van der Waals surface area (Å²) in [5.41, 5.74) is 3.56. The molecule has 0 aliphatic heterocycles. The Bertz CT molecular complexity index is 1440.